The summed E-state index contributed by atoms with van der Waals surface area (Å²) in [7, 11) is 0. The first-order valence-corrected chi connectivity index (χ1v) is 11.1. The molecule has 1 fully saturated rings. The Morgan fingerprint density at radius 3 is 2.79 bits per heavy atom. The molecule has 1 aliphatic heterocycles. The normalized spacial score (nSPS) is 15.8. The van der Waals surface area contributed by atoms with Crippen molar-refractivity contribution in [1.82, 2.24) is 9.38 Å². The SMILES string of the molecule is O=C(Nc1ccc2c(c1)OC1(CCCC1)O2)c1cccc(OCc2cn3ccccc3n2)c1. The number of imidazole rings is 1. The minimum absolute atomic E-state index is 0.220. The maximum Gasteiger partial charge on any atom is 0.255 e. The van der Waals surface area contributed by atoms with Crippen molar-refractivity contribution >= 4 is 17.2 Å². The van der Waals surface area contributed by atoms with Crippen LogP contribution in [0.3, 0.4) is 0 Å². The first-order chi connectivity index (χ1) is 16.2. The van der Waals surface area contributed by atoms with Crippen molar-refractivity contribution in [3.05, 3.63) is 84.3 Å². The Balaban J connectivity index is 1.12. The number of benzene rings is 2. The van der Waals surface area contributed by atoms with Gasteiger partial charge in [-0.25, -0.2) is 4.98 Å². The molecule has 0 radical (unpaired) electrons. The van der Waals surface area contributed by atoms with Gasteiger partial charge in [0.15, 0.2) is 11.5 Å². The molecule has 2 aromatic carbocycles. The van der Waals surface area contributed by atoms with Crippen molar-refractivity contribution in [3.8, 4) is 17.2 Å². The number of rotatable bonds is 5. The zero-order chi connectivity index (χ0) is 22.3. The van der Waals surface area contributed by atoms with Crippen LogP contribution in [-0.2, 0) is 6.61 Å². The molecule has 2 aromatic heterocycles. The van der Waals surface area contributed by atoms with Crippen molar-refractivity contribution in [2.75, 3.05) is 5.32 Å². The molecular weight excluding hydrogens is 418 g/mol. The van der Waals surface area contributed by atoms with Gasteiger partial charge in [-0.1, -0.05) is 12.1 Å². The highest BCUT2D eigenvalue weighted by atomic mass is 16.7. The molecule has 1 saturated carbocycles. The number of fused-ring (bicyclic) bond motifs is 2. The molecule has 0 atom stereocenters. The average Bonchev–Trinajstić information content (AvgIpc) is 3.55. The lowest BCUT2D eigenvalue weighted by Gasteiger charge is -2.21. The number of amides is 1. The minimum Gasteiger partial charge on any atom is -0.487 e. The lowest BCUT2D eigenvalue weighted by Crippen LogP contribution is -2.34. The van der Waals surface area contributed by atoms with Gasteiger partial charge in [0, 0.05) is 42.6 Å². The summed E-state index contributed by atoms with van der Waals surface area (Å²) in [6, 6.07) is 18.5. The Hall–Kier alpha value is -4.00. The number of carbonyl (C=O) groups excluding carboxylic acids is 1. The number of nitrogens with zero attached hydrogens (tertiary/aromatic N) is 2. The quantitative estimate of drug-likeness (QED) is 0.460. The van der Waals surface area contributed by atoms with Crippen LogP contribution < -0.4 is 19.5 Å². The molecule has 33 heavy (non-hydrogen) atoms. The summed E-state index contributed by atoms with van der Waals surface area (Å²) in [5.41, 5.74) is 2.85. The number of carbonyl (C=O) groups is 1. The molecule has 166 valence electrons. The van der Waals surface area contributed by atoms with Crippen LogP contribution in [0.5, 0.6) is 17.2 Å². The Bertz CT molecular complexity index is 1310. The zero-order valence-corrected chi connectivity index (χ0v) is 18.0. The van der Waals surface area contributed by atoms with Gasteiger partial charge in [-0.05, 0) is 55.3 Å². The Morgan fingerprint density at radius 1 is 1.03 bits per heavy atom. The van der Waals surface area contributed by atoms with Gasteiger partial charge in [0.1, 0.15) is 18.0 Å². The second-order valence-electron chi connectivity index (χ2n) is 8.45. The Morgan fingerprint density at radius 2 is 1.91 bits per heavy atom. The summed E-state index contributed by atoms with van der Waals surface area (Å²) in [5.74, 6) is 1.28. The number of pyridine rings is 1. The second kappa shape index (κ2) is 7.85. The van der Waals surface area contributed by atoms with Gasteiger partial charge in [0.2, 0.25) is 0 Å². The molecule has 1 aliphatic carbocycles. The van der Waals surface area contributed by atoms with Gasteiger partial charge in [0.25, 0.3) is 11.7 Å². The third-order valence-corrected chi connectivity index (χ3v) is 6.06. The third-order valence-electron chi connectivity index (χ3n) is 6.06. The smallest absolute Gasteiger partial charge is 0.255 e. The fourth-order valence-corrected chi connectivity index (χ4v) is 4.43. The first kappa shape index (κ1) is 19.7. The van der Waals surface area contributed by atoms with Gasteiger partial charge < -0.3 is 23.9 Å². The summed E-state index contributed by atoms with van der Waals surface area (Å²) in [6.45, 7) is 0.316. The van der Waals surface area contributed by atoms with E-state index in [1.165, 1.54) is 0 Å². The molecule has 1 amide bonds. The summed E-state index contributed by atoms with van der Waals surface area (Å²) < 4.78 is 20.0. The van der Waals surface area contributed by atoms with Crippen LogP contribution in [0.25, 0.3) is 5.65 Å². The van der Waals surface area contributed by atoms with E-state index in [1.54, 1.807) is 18.2 Å². The molecule has 3 heterocycles. The number of nitrogens with one attached hydrogen (secondary N) is 1. The molecule has 2 aliphatic rings. The van der Waals surface area contributed by atoms with Gasteiger partial charge in [-0.2, -0.15) is 0 Å². The molecule has 1 spiro atoms. The maximum absolute atomic E-state index is 12.9. The third kappa shape index (κ3) is 3.86. The summed E-state index contributed by atoms with van der Waals surface area (Å²) in [6.07, 6.45) is 7.87. The van der Waals surface area contributed by atoms with Crippen LogP contribution in [0.1, 0.15) is 41.7 Å². The van der Waals surface area contributed by atoms with Crippen molar-refractivity contribution in [2.45, 2.75) is 38.1 Å². The lowest BCUT2D eigenvalue weighted by atomic mass is 10.2. The molecule has 4 aromatic rings. The van der Waals surface area contributed by atoms with Gasteiger partial charge in [-0.15, -0.1) is 0 Å². The van der Waals surface area contributed by atoms with E-state index in [4.69, 9.17) is 14.2 Å². The van der Waals surface area contributed by atoms with Crippen LogP contribution >= 0.6 is 0 Å². The van der Waals surface area contributed by atoms with E-state index < -0.39 is 5.79 Å². The van der Waals surface area contributed by atoms with Gasteiger partial charge in [-0.3, -0.25) is 4.79 Å². The predicted octanol–water partition coefficient (Wildman–Crippen LogP) is 5.21. The zero-order valence-electron chi connectivity index (χ0n) is 18.0. The fourth-order valence-electron chi connectivity index (χ4n) is 4.43. The molecule has 0 bridgehead atoms. The average molecular weight is 441 g/mol. The van der Waals surface area contributed by atoms with Gasteiger partial charge >= 0.3 is 0 Å². The molecule has 0 unspecified atom stereocenters. The summed E-state index contributed by atoms with van der Waals surface area (Å²) in [5, 5.41) is 2.94. The molecular formula is C26H23N3O4. The van der Waals surface area contributed by atoms with Crippen LogP contribution in [-0.4, -0.2) is 21.1 Å². The van der Waals surface area contributed by atoms with Crippen molar-refractivity contribution < 1.29 is 19.0 Å². The van der Waals surface area contributed by atoms with Gasteiger partial charge in [0.05, 0.1) is 5.69 Å². The Labute approximate surface area is 190 Å². The molecule has 7 nitrogen and oxygen atoms in total. The van der Waals surface area contributed by atoms with E-state index in [2.05, 4.69) is 10.3 Å². The van der Waals surface area contributed by atoms with Crippen molar-refractivity contribution in [2.24, 2.45) is 0 Å². The molecule has 0 saturated heterocycles. The van der Waals surface area contributed by atoms with E-state index in [1.807, 2.05) is 59.3 Å². The summed E-state index contributed by atoms with van der Waals surface area (Å²) in [4.78, 5) is 17.4. The van der Waals surface area contributed by atoms with E-state index in [0.717, 1.165) is 42.8 Å². The topological polar surface area (TPSA) is 74.1 Å². The van der Waals surface area contributed by atoms with E-state index in [-0.39, 0.29) is 5.91 Å². The minimum atomic E-state index is -0.516. The highest BCUT2D eigenvalue weighted by molar-refractivity contribution is 6.04. The largest absolute Gasteiger partial charge is 0.487 e. The maximum atomic E-state index is 12.9. The second-order valence-corrected chi connectivity index (χ2v) is 8.45. The number of aromatic nitrogens is 2. The predicted molar refractivity (Wildman–Crippen MR) is 123 cm³/mol. The van der Waals surface area contributed by atoms with Crippen molar-refractivity contribution in [3.63, 3.8) is 0 Å². The molecule has 7 heteroatoms. The molecule has 6 rings (SSSR count). The number of hydrogen-bond acceptors (Lipinski definition) is 5. The van der Waals surface area contributed by atoms with Crippen LogP contribution in [0.4, 0.5) is 5.69 Å². The van der Waals surface area contributed by atoms with E-state index in [9.17, 15) is 4.79 Å². The Kier molecular flexibility index (Phi) is 4.68. The fraction of sp³-hybridized carbons (Fsp3) is 0.231. The number of anilines is 1. The van der Waals surface area contributed by atoms with E-state index >= 15 is 0 Å². The van der Waals surface area contributed by atoms with E-state index in [0.29, 0.717) is 29.4 Å². The van der Waals surface area contributed by atoms with Crippen LogP contribution in [0.2, 0.25) is 0 Å². The summed E-state index contributed by atoms with van der Waals surface area (Å²) >= 11 is 0. The molecule has 1 N–H and O–H groups in total. The van der Waals surface area contributed by atoms with Crippen LogP contribution in [0.15, 0.2) is 73.1 Å². The van der Waals surface area contributed by atoms with Crippen LogP contribution in [0, 0.1) is 0 Å². The highest BCUT2D eigenvalue weighted by Gasteiger charge is 2.44. The number of hydrogen-bond donors (Lipinski definition) is 1. The first-order valence-electron chi connectivity index (χ1n) is 11.1. The van der Waals surface area contributed by atoms with Crippen molar-refractivity contribution in [1.29, 1.82) is 0 Å². The lowest BCUT2D eigenvalue weighted by molar-refractivity contribution is -0.0716. The number of ether oxygens (including phenoxy) is 3. The highest BCUT2D eigenvalue weighted by Crippen LogP contribution is 2.47. The monoisotopic (exact) mass is 441 g/mol. The standard InChI is InChI=1S/C26H23N3O4/c30-25(28-19-9-10-22-23(15-19)33-26(32-22)11-2-3-12-26)18-6-5-7-21(14-18)31-17-20-16-29-13-4-1-8-24(29)27-20/h1,4-10,13-16H,2-3,11-12,17H2,(H,28,30).